The number of rotatable bonds is 7. The van der Waals surface area contributed by atoms with Crippen LogP contribution in [0, 0.1) is 5.92 Å². The lowest BCUT2D eigenvalue weighted by Gasteiger charge is -2.06. The first-order chi connectivity index (χ1) is 8.18. The van der Waals surface area contributed by atoms with Crippen molar-refractivity contribution >= 4 is 16.9 Å². The number of benzene rings is 1. The van der Waals surface area contributed by atoms with Crippen molar-refractivity contribution in [3.8, 4) is 0 Å². The van der Waals surface area contributed by atoms with Crippen LogP contribution < -0.4 is 0 Å². The van der Waals surface area contributed by atoms with Gasteiger partial charge in [-0.15, -0.1) is 0 Å². The van der Waals surface area contributed by atoms with E-state index in [0.29, 0.717) is 18.9 Å². The van der Waals surface area contributed by atoms with Crippen LogP contribution in [0.3, 0.4) is 0 Å². The minimum absolute atomic E-state index is 0.212. The molecule has 0 atom stereocenters. The lowest BCUT2D eigenvalue weighted by atomic mass is 10.2. The topological polar surface area (TPSA) is 26.3 Å². The molecule has 0 heterocycles. The fourth-order valence-electron chi connectivity index (χ4n) is 1.31. The van der Waals surface area contributed by atoms with Gasteiger partial charge < -0.3 is 4.74 Å². The van der Waals surface area contributed by atoms with Crippen LogP contribution in [-0.2, 0) is 9.53 Å². The normalized spacial score (nSPS) is 10.8. The molecule has 0 N–H and O–H groups in total. The highest BCUT2D eigenvalue weighted by molar-refractivity contribution is 8.13. The molecule has 0 aliphatic carbocycles. The third kappa shape index (κ3) is 7.18. The van der Waals surface area contributed by atoms with Crippen molar-refractivity contribution in [2.24, 2.45) is 5.92 Å². The van der Waals surface area contributed by atoms with Crippen LogP contribution in [0.25, 0.3) is 0 Å². The first-order valence-corrected chi connectivity index (χ1v) is 6.83. The van der Waals surface area contributed by atoms with Crippen molar-refractivity contribution in [2.75, 3.05) is 13.2 Å². The van der Waals surface area contributed by atoms with Crippen molar-refractivity contribution < 1.29 is 9.53 Å². The standard InChI is InChI=1S/C14H20O2S/c1-12(2)11-16-10-6-9-14(15)17-13-7-4-3-5-8-13/h3-5,7-8,12H,6,9-11H2,1-2H3. The van der Waals surface area contributed by atoms with Gasteiger partial charge in [0.25, 0.3) is 0 Å². The Balaban J connectivity index is 2.10. The third-order valence-electron chi connectivity index (χ3n) is 2.10. The van der Waals surface area contributed by atoms with E-state index in [1.807, 2.05) is 30.3 Å². The first kappa shape index (κ1) is 14.3. The number of carbonyl (C=O) groups excluding carboxylic acids is 1. The molecule has 0 saturated heterocycles. The highest BCUT2D eigenvalue weighted by Gasteiger charge is 2.04. The van der Waals surface area contributed by atoms with Crippen molar-refractivity contribution in [1.82, 2.24) is 0 Å². The molecule has 0 aliphatic rings. The molecule has 0 fully saturated rings. The van der Waals surface area contributed by atoms with Crippen LogP contribution in [0.5, 0.6) is 0 Å². The number of ether oxygens (including phenoxy) is 1. The lowest BCUT2D eigenvalue weighted by Crippen LogP contribution is -2.04. The second kappa shape index (κ2) is 8.31. The molecule has 94 valence electrons. The van der Waals surface area contributed by atoms with Gasteiger partial charge in [-0.1, -0.05) is 43.8 Å². The van der Waals surface area contributed by atoms with Crippen LogP contribution in [0.1, 0.15) is 26.7 Å². The number of hydrogen-bond donors (Lipinski definition) is 0. The molecule has 0 amide bonds. The van der Waals surface area contributed by atoms with Gasteiger partial charge in [-0.3, -0.25) is 4.79 Å². The fourth-order valence-corrected chi connectivity index (χ4v) is 2.11. The Morgan fingerprint density at radius 3 is 2.65 bits per heavy atom. The van der Waals surface area contributed by atoms with Crippen LogP contribution in [0.4, 0.5) is 0 Å². The van der Waals surface area contributed by atoms with E-state index in [9.17, 15) is 4.79 Å². The average molecular weight is 252 g/mol. The minimum Gasteiger partial charge on any atom is -0.381 e. The second-order valence-corrected chi connectivity index (χ2v) is 5.49. The van der Waals surface area contributed by atoms with Crippen LogP contribution in [0.2, 0.25) is 0 Å². The summed E-state index contributed by atoms with van der Waals surface area (Å²) in [5.41, 5.74) is 0. The van der Waals surface area contributed by atoms with Gasteiger partial charge in [-0.25, -0.2) is 0 Å². The van der Waals surface area contributed by atoms with Crippen molar-refractivity contribution in [3.63, 3.8) is 0 Å². The Labute approximate surface area is 108 Å². The molecule has 2 nitrogen and oxygen atoms in total. The van der Waals surface area contributed by atoms with Gasteiger partial charge in [-0.05, 0) is 24.5 Å². The van der Waals surface area contributed by atoms with E-state index in [-0.39, 0.29) is 5.12 Å². The van der Waals surface area contributed by atoms with Gasteiger partial charge in [0.2, 0.25) is 0 Å². The maximum atomic E-state index is 11.6. The predicted molar refractivity (Wildman–Crippen MR) is 72.2 cm³/mol. The molecule has 0 bridgehead atoms. The SMILES string of the molecule is CC(C)COCCCC(=O)Sc1ccccc1. The predicted octanol–water partition coefficient (Wildman–Crippen LogP) is 3.76. The molecule has 1 aromatic rings. The maximum Gasteiger partial charge on any atom is 0.193 e. The fraction of sp³-hybridized carbons (Fsp3) is 0.500. The molecule has 0 aromatic heterocycles. The number of hydrogen-bond acceptors (Lipinski definition) is 3. The van der Waals surface area contributed by atoms with E-state index in [4.69, 9.17) is 4.74 Å². The quantitative estimate of drug-likeness (QED) is 0.546. The van der Waals surface area contributed by atoms with E-state index >= 15 is 0 Å². The summed E-state index contributed by atoms with van der Waals surface area (Å²) >= 11 is 1.31. The number of thioether (sulfide) groups is 1. The molecule has 0 radical (unpaired) electrons. The van der Waals surface area contributed by atoms with Crippen molar-refractivity contribution in [2.45, 2.75) is 31.6 Å². The zero-order valence-corrected chi connectivity index (χ0v) is 11.3. The van der Waals surface area contributed by atoms with Gasteiger partial charge >= 0.3 is 0 Å². The van der Waals surface area contributed by atoms with Gasteiger partial charge in [-0.2, -0.15) is 0 Å². The Kier molecular flexibility index (Phi) is 6.97. The summed E-state index contributed by atoms with van der Waals surface area (Å²) in [6, 6.07) is 9.76. The molecule has 0 spiro atoms. The summed E-state index contributed by atoms with van der Waals surface area (Å²) in [6.45, 7) is 5.70. The molecule has 17 heavy (non-hydrogen) atoms. The second-order valence-electron chi connectivity index (χ2n) is 4.36. The van der Waals surface area contributed by atoms with Crippen LogP contribution >= 0.6 is 11.8 Å². The van der Waals surface area contributed by atoms with E-state index < -0.39 is 0 Å². The molecule has 0 saturated carbocycles. The maximum absolute atomic E-state index is 11.6. The van der Waals surface area contributed by atoms with Crippen molar-refractivity contribution in [1.29, 1.82) is 0 Å². The lowest BCUT2D eigenvalue weighted by molar-refractivity contribution is -0.111. The van der Waals surface area contributed by atoms with Gasteiger partial charge in [0.05, 0.1) is 0 Å². The molecule has 1 aromatic carbocycles. The molecular formula is C14H20O2S. The summed E-state index contributed by atoms with van der Waals surface area (Å²) in [5.74, 6) is 0.560. The largest absolute Gasteiger partial charge is 0.381 e. The highest BCUT2D eigenvalue weighted by atomic mass is 32.2. The van der Waals surface area contributed by atoms with E-state index in [1.165, 1.54) is 11.8 Å². The van der Waals surface area contributed by atoms with E-state index in [0.717, 1.165) is 17.9 Å². The van der Waals surface area contributed by atoms with Crippen LogP contribution in [-0.4, -0.2) is 18.3 Å². The number of carbonyl (C=O) groups is 1. The monoisotopic (exact) mass is 252 g/mol. The molecule has 1 rings (SSSR count). The molecular weight excluding hydrogens is 232 g/mol. The summed E-state index contributed by atoms with van der Waals surface area (Å²) < 4.78 is 5.43. The Hall–Kier alpha value is -0.800. The minimum atomic E-state index is 0.212. The summed E-state index contributed by atoms with van der Waals surface area (Å²) in [7, 11) is 0. The summed E-state index contributed by atoms with van der Waals surface area (Å²) in [4.78, 5) is 12.6. The highest BCUT2D eigenvalue weighted by Crippen LogP contribution is 2.19. The van der Waals surface area contributed by atoms with Gasteiger partial charge in [0.15, 0.2) is 5.12 Å². The van der Waals surface area contributed by atoms with Crippen molar-refractivity contribution in [3.05, 3.63) is 30.3 Å². The van der Waals surface area contributed by atoms with E-state index in [2.05, 4.69) is 13.8 Å². The zero-order valence-electron chi connectivity index (χ0n) is 10.5. The van der Waals surface area contributed by atoms with E-state index in [1.54, 1.807) is 0 Å². The van der Waals surface area contributed by atoms with Gasteiger partial charge in [0, 0.05) is 24.5 Å². The zero-order chi connectivity index (χ0) is 12.5. The Morgan fingerprint density at radius 1 is 1.29 bits per heavy atom. The van der Waals surface area contributed by atoms with Gasteiger partial charge in [0.1, 0.15) is 0 Å². The molecule has 0 unspecified atom stereocenters. The summed E-state index contributed by atoms with van der Waals surface area (Å²) in [6.07, 6.45) is 1.39. The Bertz CT molecular complexity index is 322. The molecule has 0 aliphatic heterocycles. The van der Waals surface area contributed by atoms with Crippen LogP contribution in [0.15, 0.2) is 35.2 Å². The average Bonchev–Trinajstić information content (AvgIpc) is 2.29. The summed E-state index contributed by atoms with van der Waals surface area (Å²) in [5, 5.41) is 0.212. The molecule has 3 heteroatoms. The smallest absolute Gasteiger partial charge is 0.193 e. The Morgan fingerprint density at radius 2 is 2.00 bits per heavy atom. The third-order valence-corrected chi connectivity index (χ3v) is 3.04. The first-order valence-electron chi connectivity index (χ1n) is 6.02.